The summed E-state index contributed by atoms with van der Waals surface area (Å²) < 4.78 is 0. The number of aliphatic hydroxyl groups excluding tert-OH is 1. The van der Waals surface area contributed by atoms with Crippen molar-refractivity contribution >= 4 is 23.2 Å². The molecule has 3 aromatic rings. The highest BCUT2D eigenvalue weighted by Crippen LogP contribution is 2.31. The van der Waals surface area contributed by atoms with Gasteiger partial charge in [-0.2, -0.15) is 0 Å². The van der Waals surface area contributed by atoms with Gasteiger partial charge in [-0.3, -0.25) is 4.79 Å². The van der Waals surface area contributed by atoms with E-state index in [2.05, 4.69) is 5.32 Å². The fourth-order valence-corrected chi connectivity index (χ4v) is 2.77. The highest BCUT2D eigenvalue weighted by molar-refractivity contribution is 6.30. The van der Waals surface area contributed by atoms with Crippen molar-refractivity contribution in [2.24, 2.45) is 0 Å². The molecule has 25 heavy (non-hydrogen) atoms. The molecule has 3 rings (SSSR count). The van der Waals surface area contributed by atoms with Gasteiger partial charge in [0.15, 0.2) is 0 Å². The predicted molar refractivity (Wildman–Crippen MR) is 101 cm³/mol. The van der Waals surface area contributed by atoms with E-state index in [1.165, 1.54) is 0 Å². The van der Waals surface area contributed by atoms with Crippen LogP contribution in [0.4, 0.5) is 5.69 Å². The van der Waals surface area contributed by atoms with Crippen molar-refractivity contribution < 1.29 is 9.90 Å². The van der Waals surface area contributed by atoms with Crippen molar-refractivity contribution in [3.05, 3.63) is 100 Å². The zero-order valence-corrected chi connectivity index (χ0v) is 14.5. The third kappa shape index (κ3) is 4.08. The first-order valence-electron chi connectivity index (χ1n) is 7.95. The number of nitrogens with one attached hydrogen (secondary N) is 1. The fraction of sp³-hybridized carbons (Fsp3) is 0.0952. The van der Waals surface area contributed by atoms with Crippen LogP contribution in [0.15, 0.2) is 72.8 Å². The van der Waals surface area contributed by atoms with Crippen molar-refractivity contribution in [1.29, 1.82) is 0 Å². The lowest BCUT2D eigenvalue weighted by atomic mass is 9.99. The van der Waals surface area contributed by atoms with E-state index in [-0.39, 0.29) is 5.91 Å². The van der Waals surface area contributed by atoms with E-state index < -0.39 is 6.10 Å². The normalized spacial score (nSPS) is 11.8. The van der Waals surface area contributed by atoms with Gasteiger partial charge in [0.05, 0.1) is 0 Å². The maximum absolute atomic E-state index is 12.5. The Hall–Kier alpha value is -2.62. The van der Waals surface area contributed by atoms with Crippen LogP contribution < -0.4 is 5.32 Å². The first-order chi connectivity index (χ1) is 12.0. The molecule has 0 saturated carbocycles. The zero-order chi connectivity index (χ0) is 17.8. The van der Waals surface area contributed by atoms with Crippen LogP contribution in [-0.2, 0) is 0 Å². The highest BCUT2D eigenvalue weighted by Gasteiger charge is 2.17. The molecule has 0 saturated heterocycles. The molecule has 1 amide bonds. The van der Waals surface area contributed by atoms with Gasteiger partial charge < -0.3 is 10.4 Å². The molecule has 3 aromatic carbocycles. The molecule has 1 atom stereocenters. The molecule has 0 aromatic heterocycles. The first-order valence-corrected chi connectivity index (χ1v) is 8.33. The molecule has 0 bridgehead atoms. The van der Waals surface area contributed by atoms with Gasteiger partial charge in [-0.05, 0) is 42.8 Å². The van der Waals surface area contributed by atoms with Gasteiger partial charge in [0.2, 0.25) is 0 Å². The lowest BCUT2D eigenvalue weighted by molar-refractivity contribution is 0.102. The third-order valence-electron chi connectivity index (χ3n) is 3.99. The lowest BCUT2D eigenvalue weighted by Crippen LogP contribution is -2.14. The molecule has 0 heterocycles. The maximum Gasteiger partial charge on any atom is 0.255 e. The summed E-state index contributed by atoms with van der Waals surface area (Å²) in [4.78, 5) is 12.5. The second-order valence-corrected chi connectivity index (χ2v) is 6.30. The Kier molecular flexibility index (Phi) is 5.17. The van der Waals surface area contributed by atoms with Gasteiger partial charge >= 0.3 is 0 Å². The van der Waals surface area contributed by atoms with E-state index in [0.717, 1.165) is 11.1 Å². The number of hydrogen-bond donors (Lipinski definition) is 2. The number of carbonyl (C=O) groups is 1. The van der Waals surface area contributed by atoms with E-state index >= 15 is 0 Å². The Balaban J connectivity index is 1.91. The van der Waals surface area contributed by atoms with Crippen LogP contribution in [0.5, 0.6) is 0 Å². The van der Waals surface area contributed by atoms with Crippen LogP contribution in [0, 0.1) is 6.92 Å². The smallest absolute Gasteiger partial charge is 0.255 e. The van der Waals surface area contributed by atoms with Gasteiger partial charge in [0, 0.05) is 21.8 Å². The summed E-state index contributed by atoms with van der Waals surface area (Å²) in [6, 6.07) is 21.6. The van der Waals surface area contributed by atoms with Gasteiger partial charge in [-0.1, -0.05) is 59.6 Å². The minimum absolute atomic E-state index is 0.233. The molecule has 4 heteroatoms. The number of carbonyl (C=O) groups excluding carboxylic acids is 1. The number of amides is 1. The van der Waals surface area contributed by atoms with Gasteiger partial charge in [-0.25, -0.2) is 0 Å². The number of rotatable bonds is 4. The fourth-order valence-electron chi connectivity index (χ4n) is 2.59. The Morgan fingerprint density at radius 3 is 2.36 bits per heavy atom. The van der Waals surface area contributed by atoms with Crippen LogP contribution in [0.25, 0.3) is 0 Å². The number of aryl methyl sites for hydroxylation is 1. The summed E-state index contributed by atoms with van der Waals surface area (Å²) in [5.41, 5.74) is 3.46. The molecule has 0 spiro atoms. The zero-order valence-electron chi connectivity index (χ0n) is 13.7. The summed E-state index contributed by atoms with van der Waals surface area (Å²) in [6.45, 7) is 1.97. The molecule has 0 unspecified atom stereocenters. The molecule has 0 aliphatic rings. The average molecular weight is 352 g/mol. The van der Waals surface area contributed by atoms with Crippen molar-refractivity contribution in [1.82, 2.24) is 0 Å². The SMILES string of the molecule is Cc1ccc(C(=O)Nc2ccc(Cl)cc2[C@H](O)c2ccccc2)cc1. The van der Waals surface area contributed by atoms with E-state index in [1.54, 1.807) is 30.3 Å². The summed E-state index contributed by atoms with van der Waals surface area (Å²) in [6.07, 6.45) is -0.881. The largest absolute Gasteiger partial charge is 0.384 e. The second kappa shape index (κ2) is 7.51. The maximum atomic E-state index is 12.5. The molecule has 0 aliphatic carbocycles. The molecule has 126 valence electrons. The Labute approximate surface area is 151 Å². The number of aliphatic hydroxyl groups is 1. The minimum atomic E-state index is -0.881. The van der Waals surface area contributed by atoms with Gasteiger partial charge in [0.25, 0.3) is 5.91 Å². The van der Waals surface area contributed by atoms with Crippen LogP contribution in [0.1, 0.15) is 33.2 Å². The number of benzene rings is 3. The molecule has 0 aliphatic heterocycles. The number of anilines is 1. The van der Waals surface area contributed by atoms with Crippen molar-refractivity contribution in [2.45, 2.75) is 13.0 Å². The Morgan fingerprint density at radius 1 is 1.00 bits per heavy atom. The van der Waals surface area contributed by atoms with E-state index in [9.17, 15) is 9.90 Å². The number of halogens is 1. The topological polar surface area (TPSA) is 49.3 Å². The van der Waals surface area contributed by atoms with Crippen LogP contribution >= 0.6 is 11.6 Å². The summed E-state index contributed by atoms with van der Waals surface area (Å²) in [5, 5.41) is 14.1. The van der Waals surface area contributed by atoms with Gasteiger partial charge in [0.1, 0.15) is 6.10 Å². The molecular weight excluding hydrogens is 334 g/mol. The summed E-state index contributed by atoms with van der Waals surface area (Å²) in [7, 11) is 0. The predicted octanol–water partition coefficient (Wildman–Crippen LogP) is 4.98. The molecular formula is C21H18ClNO2. The van der Waals surface area contributed by atoms with Crippen LogP contribution in [-0.4, -0.2) is 11.0 Å². The summed E-state index contributed by atoms with van der Waals surface area (Å²) in [5.74, 6) is -0.233. The standard InChI is InChI=1S/C21H18ClNO2/c1-14-7-9-16(10-8-14)21(25)23-19-12-11-17(22)13-18(19)20(24)15-5-3-2-4-6-15/h2-13,20,24H,1H3,(H,23,25)/t20-/m1/s1. The van der Waals surface area contributed by atoms with Gasteiger partial charge in [-0.15, -0.1) is 0 Å². The Bertz CT molecular complexity index is 876. The third-order valence-corrected chi connectivity index (χ3v) is 4.22. The van der Waals surface area contributed by atoms with Crippen LogP contribution in [0.2, 0.25) is 5.02 Å². The molecule has 2 N–H and O–H groups in total. The second-order valence-electron chi connectivity index (χ2n) is 5.86. The monoisotopic (exact) mass is 351 g/mol. The quantitative estimate of drug-likeness (QED) is 0.696. The van der Waals surface area contributed by atoms with Crippen LogP contribution in [0.3, 0.4) is 0 Å². The van der Waals surface area contributed by atoms with Crippen molar-refractivity contribution in [3.63, 3.8) is 0 Å². The Morgan fingerprint density at radius 2 is 1.68 bits per heavy atom. The van der Waals surface area contributed by atoms with E-state index in [1.807, 2.05) is 49.4 Å². The lowest BCUT2D eigenvalue weighted by Gasteiger charge is -2.17. The molecule has 3 nitrogen and oxygen atoms in total. The van der Waals surface area contributed by atoms with E-state index in [0.29, 0.717) is 21.8 Å². The van der Waals surface area contributed by atoms with Crippen molar-refractivity contribution in [2.75, 3.05) is 5.32 Å². The minimum Gasteiger partial charge on any atom is -0.384 e. The molecule has 0 radical (unpaired) electrons. The highest BCUT2D eigenvalue weighted by atomic mass is 35.5. The number of hydrogen-bond acceptors (Lipinski definition) is 2. The van der Waals surface area contributed by atoms with Crippen molar-refractivity contribution in [3.8, 4) is 0 Å². The average Bonchev–Trinajstić information content (AvgIpc) is 2.64. The molecule has 0 fully saturated rings. The van der Waals surface area contributed by atoms with E-state index in [4.69, 9.17) is 11.6 Å². The summed E-state index contributed by atoms with van der Waals surface area (Å²) >= 11 is 6.10. The first kappa shape index (κ1) is 17.2.